The summed E-state index contributed by atoms with van der Waals surface area (Å²) in [6.07, 6.45) is 9.62. The second-order valence-corrected chi connectivity index (χ2v) is 10.4. The van der Waals surface area contributed by atoms with Gasteiger partial charge in [-0.1, -0.05) is 5.92 Å². The molecule has 0 saturated carbocycles. The molecule has 8 nitrogen and oxygen atoms in total. The number of hydrogen-bond acceptors (Lipinski definition) is 8. The van der Waals surface area contributed by atoms with E-state index in [1.165, 1.54) is 33.0 Å². The molecule has 2 aromatic rings. The van der Waals surface area contributed by atoms with Gasteiger partial charge in [-0.3, -0.25) is 4.99 Å². The molecule has 11 heteroatoms. The zero-order valence-corrected chi connectivity index (χ0v) is 18.4. The lowest BCUT2D eigenvalue weighted by Gasteiger charge is -2.37. The van der Waals surface area contributed by atoms with Crippen LogP contribution in [0.1, 0.15) is 37.6 Å². The highest BCUT2D eigenvalue weighted by atomic mass is 32.2. The van der Waals surface area contributed by atoms with Gasteiger partial charge in [-0.05, 0) is 38.5 Å². The van der Waals surface area contributed by atoms with Gasteiger partial charge in [0.05, 0.1) is 18.1 Å². The summed E-state index contributed by atoms with van der Waals surface area (Å²) in [4.78, 5) is 15.7. The highest BCUT2D eigenvalue weighted by Gasteiger charge is 2.49. The van der Waals surface area contributed by atoms with Crippen LogP contribution in [0.2, 0.25) is 0 Å². The van der Waals surface area contributed by atoms with Crippen molar-refractivity contribution < 1.29 is 21.9 Å². The van der Waals surface area contributed by atoms with Crippen LogP contribution in [0.3, 0.4) is 0 Å². The standard InChI is InChI=1S/C21H21F2N5O3S/c1-5-6-31-17-11-25-16(10-26-17)15(22)8-13-7-14(18(23)27-9-13)21(4)12-32(29,30)20(2,3)19(24)28-21/h1,7-11H,6,12H2,2-4H3,(H2,24,28). The zero-order valence-electron chi connectivity index (χ0n) is 17.6. The third kappa shape index (κ3) is 4.31. The topological polar surface area (TPSA) is 120 Å². The Morgan fingerprint density at radius 1 is 1.28 bits per heavy atom. The van der Waals surface area contributed by atoms with E-state index in [0.29, 0.717) is 0 Å². The first-order valence-electron chi connectivity index (χ1n) is 9.39. The smallest absolute Gasteiger partial charge is 0.233 e. The Morgan fingerprint density at radius 2 is 2.00 bits per heavy atom. The second-order valence-electron chi connectivity index (χ2n) is 7.87. The Balaban J connectivity index is 1.97. The first-order chi connectivity index (χ1) is 14.9. The maximum Gasteiger partial charge on any atom is 0.233 e. The van der Waals surface area contributed by atoms with Crippen molar-refractivity contribution in [1.82, 2.24) is 15.0 Å². The van der Waals surface area contributed by atoms with E-state index in [1.54, 1.807) is 0 Å². The van der Waals surface area contributed by atoms with E-state index < -0.39 is 37.7 Å². The summed E-state index contributed by atoms with van der Waals surface area (Å²) < 4.78 is 58.5. The molecule has 168 valence electrons. The van der Waals surface area contributed by atoms with Gasteiger partial charge in [0.2, 0.25) is 11.8 Å². The zero-order chi connectivity index (χ0) is 23.7. The number of terminal acetylenes is 1. The Kier molecular flexibility index (Phi) is 6.02. The first-order valence-corrected chi connectivity index (χ1v) is 11.0. The number of aromatic nitrogens is 3. The van der Waals surface area contributed by atoms with Crippen LogP contribution in [0, 0.1) is 18.3 Å². The van der Waals surface area contributed by atoms with E-state index in [4.69, 9.17) is 16.9 Å². The molecule has 0 fully saturated rings. The minimum absolute atomic E-state index is 0.00492. The van der Waals surface area contributed by atoms with Crippen molar-refractivity contribution in [1.29, 1.82) is 0 Å². The van der Waals surface area contributed by atoms with E-state index >= 15 is 0 Å². The average molecular weight is 461 g/mol. The van der Waals surface area contributed by atoms with Crippen molar-refractivity contribution in [2.45, 2.75) is 31.1 Å². The summed E-state index contributed by atoms with van der Waals surface area (Å²) in [5, 5.41) is 0. The van der Waals surface area contributed by atoms with Crippen LogP contribution in [0.5, 0.6) is 5.88 Å². The number of aliphatic imine (C=N–C) groups is 1. The van der Waals surface area contributed by atoms with Gasteiger partial charge >= 0.3 is 0 Å². The van der Waals surface area contributed by atoms with E-state index in [0.717, 1.165) is 18.5 Å². The first kappa shape index (κ1) is 23.3. The van der Waals surface area contributed by atoms with Gasteiger partial charge in [0, 0.05) is 11.8 Å². The van der Waals surface area contributed by atoms with Crippen LogP contribution in [-0.2, 0) is 15.4 Å². The van der Waals surface area contributed by atoms with Gasteiger partial charge < -0.3 is 10.5 Å². The molecule has 32 heavy (non-hydrogen) atoms. The molecule has 2 N–H and O–H groups in total. The molecule has 1 aliphatic heterocycles. The number of nitrogens with two attached hydrogens (primary N) is 1. The molecule has 0 aromatic carbocycles. The van der Waals surface area contributed by atoms with E-state index in [2.05, 4.69) is 25.9 Å². The molecule has 3 heterocycles. The van der Waals surface area contributed by atoms with Crippen LogP contribution >= 0.6 is 0 Å². The van der Waals surface area contributed by atoms with Crippen LogP contribution in [0.25, 0.3) is 11.9 Å². The molecule has 2 aromatic heterocycles. The predicted octanol–water partition coefficient (Wildman–Crippen LogP) is 2.27. The maximum atomic E-state index is 14.7. The number of pyridine rings is 1. The summed E-state index contributed by atoms with van der Waals surface area (Å²) in [7, 11) is -3.75. The highest BCUT2D eigenvalue weighted by molar-refractivity contribution is 7.93. The minimum atomic E-state index is -3.75. The summed E-state index contributed by atoms with van der Waals surface area (Å²) in [6, 6.07) is 1.28. The third-order valence-electron chi connectivity index (χ3n) is 5.14. The number of hydrogen-bond donors (Lipinski definition) is 1. The molecule has 1 unspecified atom stereocenters. The predicted molar refractivity (Wildman–Crippen MR) is 116 cm³/mol. The fourth-order valence-corrected chi connectivity index (χ4v) is 4.74. The van der Waals surface area contributed by atoms with Gasteiger partial charge in [0.15, 0.2) is 22.3 Å². The van der Waals surface area contributed by atoms with Crippen LogP contribution in [0.4, 0.5) is 8.78 Å². The quantitative estimate of drug-likeness (QED) is 0.536. The van der Waals surface area contributed by atoms with Crippen molar-refractivity contribution in [2.75, 3.05) is 12.4 Å². The minimum Gasteiger partial charge on any atom is -0.463 e. The number of sulfone groups is 1. The summed E-state index contributed by atoms with van der Waals surface area (Å²) in [5.74, 6) is 0.0896. The molecule has 1 atom stereocenters. The van der Waals surface area contributed by atoms with Gasteiger partial charge in [0.1, 0.15) is 21.8 Å². The number of ether oxygens (including phenoxy) is 1. The maximum absolute atomic E-state index is 14.7. The van der Waals surface area contributed by atoms with Crippen LogP contribution in [0.15, 0.2) is 29.6 Å². The molecular formula is C21H21F2N5O3S. The Labute approximate surface area is 184 Å². The highest BCUT2D eigenvalue weighted by Crippen LogP contribution is 2.37. The molecule has 0 spiro atoms. The molecule has 0 bridgehead atoms. The third-order valence-corrected chi connectivity index (χ3v) is 7.85. The van der Waals surface area contributed by atoms with E-state index in [-0.39, 0.29) is 35.1 Å². The summed E-state index contributed by atoms with van der Waals surface area (Å²) >= 11 is 0. The van der Waals surface area contributed by atoms with Crippen molar-refractivity contribution >= 4 is 27.6 Å². The van der Waals surface area contributed by atoms with Gasteiger partial charge in [-0.2, -0.15) is 4.39 Å². The molecule has 0 aliphatic carbocycles. The van der Waals surface area contributed by atoms with Crippen molar-refractivity contribution in [3.05, 3.63) is 47.4 Å². The van der Waals surface area contributed by atoms with Gasteiger partial charge in [-0.25, -0.2) is 27.8 Å². The van der Waals surface area contributed by atoms with Crippen molar-refractivity contribution in [3.63, 3.8) is 0 Å². The number of rotatable bonds is 5. The second kappa shape index (κ2) is 8.27. The lowest BCUT2D eigenvalue weighted by atomic mass is 9.93. The molecule has 0 saturated heterocycles. The number of nitrogens with zero attached hydrogens (tertiary/aromatic N) is 4. The lowest BCUT2D eigenvalue weighted by molar-refractivity contribution is 0.353. The molecule has 1 aliphatic rings. The van der Waals surface area contributed by atoms with Crippen LogP contribution < -0.4 is 10.5 Å². The SMILES string of the molecule is C#CCOc1cnc(C(F)=Cc2cnc(F)c(C3(C)CS(=O)(=O)C(C)(C)C(N)=N3)c2)cn1. The Morgan fingerprint density at radius 3 is 2.59 bits per heavy atom. The van der Waals surface area contributed by atoms with E-state index in [9.17, 15) is 17.2 Å². The molecule has 3 rings (SSSR count). The monoisotopic (exact) mass is 461 g/mol. The van der Waals surface area contributed by atoms with Crippen molar-refractivity contribution in [2.24, 2.45) is 10.7 Å². The summed E-state index contributed by atoms with van der Waals surface area (Å²) in [6.45, 7) is 4.31. The molecule has 0 radical (unpaired) electrons. The fraction of sp³-hybridized carbons (Fsp3) is 0.333. The molecular weight excluding hydrogens is 440 g/mol. The van der Waals surface area contributed by atoms with Crippen LogP contribution in [-0.4, -0.2) is 46.3 Å². The summed E-state index contributed by atoms with van der Waals surface area (Å²) in [5.41, 5.74) is 4.34. The van der Waals surface area contributed by atoms with Gasteiger partial charge in [-0.15, -0.1) is 6.42 Å². The lowest BCUT2D eigenvalue weighted by Crippen LogP contribution is -2.55. The normalized spacial score (nSPS) is 22.0. The Bertz CT molecular complexity index is 1250. The fourth-order valence-electron chi connectivity index (χ4n) is 3.05. The Hall–Kier alpha value is -3.39. The van der Waals surface area contributed by atoms with Gasteiger partial charge in [0.25, 0.3) is 0 Å². The number of halogens is 2. The molecule has 0 amide bonds. The van der Waals surface area contributed by atoms with Crippen molar-refractivity contribution in [3.8, 4) is 18.2 Å². The number of amidine groups is 1. The van der Waals surface area contributed by atoms with E-state index in [1.807, 2.05) is 0 Å². The average Bonchev–Trinajstić information content (AvgIpc) is 2.72. The largest absolute Gasteiger partial charge is 0.463 e.